The van der Waals surface area contributed by atoms with Crippen LogP contribution < -0.4 is 24.8 Å². The van der Waals surface area contributed by atoms with Crippen LogP contribution in [0.2, 0.25) is 0 Å². The maximum Gasteiger partial charge on any atom is 0.262 e. The van der Waals surface area contributed by atoms with Crippen molar-refractivity contribution in [1.29, 1.82) is 0 Å². The van der Waals surface area contributed by atoms with Crippen molar-refractivity contribution in [2.45, 2.75) is 60.3 Å². The summed E-state index contributed by atoms with van der Waals surface area (Å²) in [5.74, 6) is 0.820. The number of rotatable bonds is 12. The van der Waals surface area contributed by atoms with Gasteiger partial charge in [-0.05, 0) is 60.9 Å². The highest BCUT2D eigenvalue weighted by Crippen LogP contribution is 2.38. The van der Waals surface area contributed by atoms with Gasteiger partial charge < -0.3 is 24.8 Å². The van der Waals surface area contributed by atoms with Gasteiger partial charge >= 0.3 is 0 Å². The standard InChI is InChI=1S/C33H42N2O5/c1-8-38-28-20-27(35-31(37)23-13-11-10-12-14-23)29(39-9-2)19-26(28)34-30(36)21-40-25-17-15-24(16-18-25)33(6,7)22-32(3,4)5/h10-20H,8-9,21-22H2,1-7H3,(H,34,36)(H,35,37). The second-order valence-corrected chi connectivity index (χ2v) is 11.5. The average molecular weight is 547 g/mol. The minimum absolute atomic E-state index is 0.0226. The Morgan fingerprint density at radius 2 is 1.27 bits per heavy atom. The Balaban J connectivity index is 1.71. The number of anilines is 2. The first-order valence-electron chi connectivity index (χ1n) is 13.7. The van der Waals surface area contributed by atoms with Crippen molar-refractivity contribution >= 4 is 23.2 Å². The zero-order chi connectivity index (χ0) is 29.3. The summed E-state index contributed by atoms with van der Waals surface area (Å²) in [4.78, 5) is 25.6. The highest BCUT2D eigenvalue weighted by Gasteiger charge is 2.27. The van der Waals surface area contributed by atoms with Crippen molar-refractivity contribution < 1.29 is 23.8 Å². The van der Waals surface area contributed by atoms with E-state index in [1.807, 2.05) is 32.0 Å². The van der Waals surface area contributed by atoms with Crippen LogP contribution in [-0.2, 0) is 10.2 Å². The molecule has 0 saturated carbocycles. The third-order valence-electron chi connectivity index (χ3n) is 6.22. The first kappa shape index (κ1) is 30.5. The molecule has 214 valence electrons. The number of hydrogen-bond donors (Lipinski definition) is 2. The number of carbonyl (C=O) groups is 2. The van der Waals surface area contributed by atoms with Crippen molar-refractivity contribution in [2.75, 3.05) is 30.5 Å². The monoisotopic (exact) mass is 546 g/mol. The first-order chi connectivity index (χ1) is 18.9. The van der Waals surface area contributed by atoms with Gasteiger partial charge in [0, 0.05) is 17.7 Å². The summed E-state index contributed by atoms with van der Waals surface area (Å²) in [5.41, 5.74) is 2.85. The Morgan fingerprint density at radius 3 is 1.80 bits per heavy atom. The van der Waals surface area contributed by atoms with Gasteiger partial charge in [0.1, 0.15) is 17.2 Å². The molecule has 3 aromatic rings. The van der Waals surface area contributed by atoms with Gasteiger partial charge in [-0.1, -0.05) is 65.0 Å². The van der Waals surface area contributed by atoms with E-state index in [-0.39, 0.29) is 29.3 Å². The van der Waals surface area contributed by atoms with E-state index >= 15 is 0 Å². The van der Waals surface area contributed by atoms with E-state index in [4.69, 9.17) is 14.2 Å². The van der Waals surface area contributed by atoms with Crippen LogP contribution in [0.3, 0.4) is 0 Å². The lowest BCUT2D eigenvalue weighted by Gasteiger charge is -2.33. The lowest BCUT2D eigenvalue weighted by atomic mass is 9.72. The predicted molar refractivity (Wildman–Crippen MR) is 161 cm³/mol. The number of benzene rings is 3. The maximum absolute atomic E-state index is 12.8. The smallest absolute Gasteiger partial charge is 0.262 e. The van der Waals surface area contributed by atoms with Gasteiger partial charge in [-0.25, -0.2) is 0 Å². The molecule has 0 atom stereocenters. The second-order valence-electron chi connectivity index (χ2n) is 11.5. The molecule has 3 aromatic carbocycles. The third-order valence-corrected chi connectivity index (χ3v) is 6.22. The molecular formula is C33H42N2O5. The summed E-state index contributed by atoms with van der Waals surface area (Å²) >= 11 is 0. The SMILES string of the molecule is CCOc1cc(NC(=O)c2ccccc2)c(OCC)cc1NC(=O)COc1ccc(C(C)(C)CC(C)(C)C)cc1. The Hall–Kier alpha value is -4.00. The largest absolute Gasteiger partial charge is 0.492 e. The molecular weight excluding hydrogens is 504 g/mol. The summed E-state index contributed by atoms with van der Waals surface area (Å²) in [7, 11) is 0. The number of nitrogens with one attached hydrogen (secondary N) is 2. The zero-order valence-electron chi connectivity index (χ0n) is 24.7. The first-order valence-corrected chi connectivity index (χ1v) is 13.7. The average Bonchev–Trinajstić information content (AvgIpc) is 2.89. The van der Waals surface area contributed by atoms with Crippen LogP contribution in [0.5, 0.6) is 17.2 Å². The van der Waals surface area contributed by atoms with Gasteiger partial charge in [-0.15, -0.1) is 0 Å². The number of amides is 2. The Kier molecular flexibility index (Phi) is 10.2. The van der Waals surface area contributed by atoms with Gasteiger partial charge in [0.2, 0.25) is 0 Å². The Labute approximate surface area is 238 Å². The quantitative estimate of drug-likeness (QED) is 0.246. The molecule has 3 rings (SSSR count). The summed E-state index contributed by atoms with van der Waals surface area (Å²) in [6.45, 7) is 15.5. The predicted octanol–water partition coefficient (Wildman–Crippen LogP) is 7.47. The summed E-state index contributed by atoms with van der Waals surface area (Å²) < 4.78 is 17.3. The highest BCUT2D eigenvalue weighted by molar-refractivity contribution is 6.05. The molecule has 0 aromatic heterocycles. The molecule has 0 radical (unpaired) electrons. The fourth-order valence-electron chi connectivity index (χ4n) is 4.85. The Bertz CT molecular complexity index is 1280. The molecule has 0 unspecified atom stereocenters. The zero-order valence-corrected chi connectivity index (χ0v) is 24.7. The highest BCUT2D eigenvalue weighted by atomic mass is 16.5. The molecule has 2 amide bonds. The molecule has 0 heterocycles. The summed E-state index contributed by atoms with van der Waals surface area (Å²) in [5, 5.41) is 5.74. The Morgan fingerprint density at radius 1 is 0.725 bits per heavy atom. The van der Waals surface area contributed by atoms with Crippen LogP contribution in [0.15, 0.2) is 66.7 Å². The van der Waals surface area contributed by atoms with Crippen LogP contribution in [0.4, 0.5) is 11.4 Å². The van der Waals surface area contributed by atoms with Crippen molar-refractivity contribution in [2.24, 2.45) is 5.41 Å². The molecule has 0 spiro atoms. The fourth-order valence-corrected chi connectivity index (χ4v) is 4.85. The van der Waals surface area contributed by atoms with Crippen molar-refractivity contribution in [3.8, 4) is 17.2 Å². The van der Waals surface area contributed by atoms with Gasteiger partial charge in [0.05, 0.1) is 24.6 Å². The molecule has 0 aliphatic carbocycles. The lowest BCUT2D eigenvalue weighted by Crippen LogP contribution is -2.24. The van der Waals surface area contributed by atoms with Gasteiger partial charge in [-0.2, -0.15) is 0 Å². The summed E-state index contributed by atoms with van der Waals surface area (Å²) in [6, 6.07) is 20.1. The van der Waals surface area contributed by atoms with Gasteiger partial charge in [-0.3, -0.25) is 9.59 Å². The molecule has 0 aliphatic heterocycles. The molecule has 0 aliphatic rings. The number of carbonyl (C=O) groups excluding carboxylic acids is 2. The van der Waals surface area contributed by atoms with Gasteiger partial charge in [0.15, 0.2) is 6.61 Å². The van der Waals surface area contributed by atoms with E-state index in [9.17, 15) is 9.59 Å². The second kappa shape index (κ2) is 13.4. The molecule has 0 saturated heterocycles. The molecule has 0 fully saturated rings. The minimum Gasteiger partial charge on any atom is -0.492 e. The van der Waals surface area contributed by atoms with Crippen LogP contribution in [0.1, 0.15) is 70.8 Å². The maximum atomic E-state index is 12.8. The lowest BCUT2D eigenvalue weighted by molar-refractivity contribution is -0.118. The third kappa shape index (κ3) is 8.76. The van der Waals surface area contributed by atoms with E-state index in [1.165, 1.54) is 5.56 Å². The number of hydrogen-bond acceptors (Lipinski definition) is 5. The molecule has 2 N–H and O–H groups in total. The van der Waals surface area contributed by atoms with Crippen LogP contribution in [0.25, 0.3) is 0 Å². The molecule has 7 heteroatoms. The normalized spacial score (nSPS) is 11.5. The van der Waals surface area contributed by atoms with Gasteiger partial charge in [0.25, 0.3) is 11.8 Å². The van der Waals surface area contributed by atoms with E-state index in [1.54, 1.807) is 36.4 Å². The van der Waals surface area contributed by atoms with Crippen LogP contribution in [0, 0.1) is 5.41 Å². The van der Waals surface area contributed by atoms with Crippen LogP contribution in [-0.4, -0.2) is 31.6 Å². The molecule has 40 heavy (non-hydrogen) atoms. The molecule has 0 bridgehead atoms. The van der Waals surface area contributed by atoms with Crippen molar-refractivity contribution in [3.63, 3.8) is 0 Å². The fraction of sp³-hybridized carbons (Fsp3) is 0.394. The van der Waals surface area contributed by atoms with E-state index in [2.05, 4.69) is 57.4 Å². The minimum atomic E-state index is -0.346. The van der Waals surface area contributed by atoms with E-state index in [0.717, 1.165) is 6.42 Å². The van der Waals surface area contributed by atoms with Crippen LogP contribution >= 0.6 is 0 Å². The van der Waals surface area contributed by atoms with E-state index < -0.39 is 0 Å². The van der Waals surface area contributed by atoms with Crippen molar-refractivity contribution in [3.05, 3.63) is 77.9 Å². The molecule has 7 nitrogen and oxygen atoms in total. The topological polar surface area (TPSA) is 85.9 Å². The van der Waals surface area contributed by atoms with E-state index in [0.29, 0.717) is 47.4 Å². The van der Waals surface area contributed by atoms with Crippen molar-refractivity contribution in [1.82, 2.24) is 0 Å². The number of ether oxygens (including phenoxy) is 3. The summed E-state index contributed by atoms with van der Waals surface area (Å²) in [6.07, 6.45) is 1.04.